The molecular formula is C31H26ClN3O5. The van der Waals surface area contributed by atoms with Crippen molar-refractivity contribution in [1.82, 2.24) is 14.3 Å². The first kappa shape index (κ1) is 25.7. The zero-order valence-corrected chi connectivity index (χ0v) is 22.5. The second-order valence-corrected chi connectivity index (χ2v) is 10.2. The van der Waals surface area contributed by atoms with Crippen LogP contribution in [0.25, 0.3) is 32.9 Å². The van der Waals surface area contributed by atoms with Crippen LogP contribution in [0.5, 0.6) is 0 Å². The highest BCUT2D eigenvalue weighted by molar-refractivity contribution is 6.31. The van der Waals surface area contributed by atoms with Crippen molar-refractivity contribution in [3.05, 3.63) is 112 Å². The van der Waals surface area contributed by atoms with Gasteiger partial charge in [-0.15, -0.1) is 0 Å². The van der Waals surface area contributed by atoms with Crippen molar-refractivity contribution in [2.75, 3.05) is 0 Å². The minimum atomic E-state index is -0.964. The van der Waals surface area contributed by atoms with Crippen molar-refractivity contribution in [3.63, 3.8) is 0 Å². The third kappa shape index (κ3) is 4.60. The minimum absolute atomic E-state index is 0.226. The minimum Gasteiger partial charge on any atom is -0.480 e. The fraction of sp³-hybridized carbons (Fsp3) is 0.194. The molecule has 0 saturated heterocycles. The zero-order chi connectivity index (χ0) is 27.8. The fourth-order valence-electron chi connectivity index (χ4n) is 5.50. The van der Waals surface area contributed by atoms with Gasteiger partial charge < -0.3 is 19.1 Å². The molecule has 3 heterocycles. The molecule has 1 aliphatic heterocycles. The molecule has 9 heteroatoms. The summed E-state index contributed by atoms with van der Waals surface area (Å²) in [6.07, 6.45) is 12.9. The predicted molar refractivity (Wildman–Crippen MR) is 154 cm³/mol. The Labute approximate surface area is 234 Å². The fourth-order valence-corrected chi connectivity index (χ4v) is 5.67. The Hall–Kier alpha value is -4.56. The van der Waals surface area contributed by atoms with E-state index in [1.165, 1.54) is 23.5 Å². The largest absolute Gasteiger partial charge is 0.480 e. The van der Waals surface area contributed by atoms with Gasteiger partial charge in [0.25, 0.3) is 5.56 Å². The SMILES string of the molecule is Cc1c(-c2nn(C(CC3=CC=CCC3)C3=COC=CO3)c(=O)c3ccccc23)c2cc(Cl)ccc2n1CC(=O)O. The average Bonchev–Trinajstić information content (AvgIpc) is 3.23. The normalized spacial score (nSPS) is 15.4. The summed E-state index contributed by atoms with van der Waals surface area (Å²) in [7, 11) is 0. The molecule has 6 rings (SSSR count). The molecule has 1 aliphatic carbocycles. The molecule has 1 atom stereocenters. The summed E-state index contributed by atoms with van der Waals surface area (Å²) < 4.78 is 14.5. The maximum absolute atomic E-state index is 14.0. The number of aliphatic carboxylic acids is 1. The highest BCUT2D eigenvalue weighted by Gasteiger charge is 2.28. The van der Waals surface area contributed by atoms with Crippen molar-refractivity contribution in [3.8, 4) is 11.3 Å². The van der Waals surface area contributed by atoms with E-state index in [-0.39, 0.29) is 12.1 Å². The molecule has 0 fully saturated rings. The molecule has 202 valence electrons. The number of carbonyl (C=O) groups is 1. The van der Waals surface area contributed by atoms with Gasteiger partial charge in [0.2, 0.25) is 0 Å². The maximum Gasteiger partial charge on any atom is 0.323 e. The lowest BCUT2D eigenvalue weighted by Gasteiger charge is -2.24. The third-order valence-corrected chi connectivity index (χ3v) is 7.58. The quantitative estimate of drug-likeness (QED) is 0.275. The van der Waals surface area contributed by atoms with Gasteiger partial charge in [-0.3, -0.25) is 9.59 Å². The lowest BCUT2D eigenvalue weighted by molar-refractivity contribution is -0.137. The summed E-state index contributed by atoms with van der Waals surface area (Å²) in [6.45, 7) is 1.64. The van der Waals surface area contributed by atoms with Gasteiger partial charge in [0.15, 0.2) is 5.76 Å². The smallest absolute Gasteiger partial charge is 0.323 e. The zero-order valence-electron chi connectivity index (χ0n) is 21.7. The number of ether oxygens (including phenoxy) is 2. The summed E-state index contributed by atoms with van der Waals surface area (Å²) >= 11 is 6.42. The standard InChI is InChI=1S/C31H26ClN3O5/c1-19-29(24-16-21(32)11-12-25(24)34(19)17-28(36)37)30-22-9-5-6-10-23(22)31(38)35(33-30)26(27-18-39-13-14-40-27)15-20-7-3-2-4-8-20/h2-3,5-7,9-14,16,18,26H,4,8,15,17H2,1H3,(H,36,37). The Balaban J connectivity index is 1.64. The van der Waals surface area contributed by atoms with Gasteiger partial charge in [-0.25, -0.2) is 4.68 Å². The van der Waals surface area contributed by atoms with Crippen LogP contribution in [0.3, 0.4) is 0 Å². The van der Waals surface area contributed by atoms with E-state index >= 15 is 0 Å². The van der Waals surface area contributed by atoms with Crippen molar-refractivity contribution >= 4 is 39.2 Å². The molecule has 0 saturated carbocycles. The molecule has 40 heavy (non-hydrogen) atoms. The molecule has 2 aliphatic rings. The van der Waals surface area contributed by atoms with Crippen LogP contribution in [0.4, 0.5) is 0 Å². The van der Waals surface area contributed by atoms with Crippen LogP contribution in [0.1, 0.15) is 31.0 Å². The van der Waals surface area contributed by atoms with Crippen LogP contribution < -0.4 is 5.56 Å². The van der Waals surface area contributed by atoms with E-state index in [2.05, 4.69) is 12.2 Å². The molecule has 0 spiro atoms. The Morgan fingerprint density at radius 2 is 1.98 bits per heavy atom. The van der Waals surface area contributed by atoms with Gasteiger partial charge in [0.1, 0.15) is 37.1 Å². The van der Waals surface area contributed by atoms with E-state index in [4.69, 9.17) is 26.2 Å². The number of fused-ring (bicyclic) bond motifs is 2. The average molecular weight is 556 g/mol. The van der Waals surface area contributed by atoms with Crippen LogP contribution in [-0.2, 0) is 20.8 Å². The monoisotopic (exact) mass is 555 g/mol. The molecule has 4 aromatic rings. The van der Waals surface area contributed by atoms with Gasteiger partial charge in [-0.2, -0.15) is 5.10 Å². The number of hydrogen-bond donors (Lipinski definition) is 1. The molecule has 1 unspecified atom stereocenters. The first-order valence-corrected chi connectivity index (χ1v) is 13.3. The van der Waals surface area contributed by atoms with Gasteiger partial charge in [0.05, 0.1) is 5.39 Å². The lowest BCUT2D eigenvalue weighted by atomic mass is 9.96. The number of benzene rings is 2. The molecule has 0 amide bonds. The number of allylic oxidation sites excluding steroid dienone is 5. The van der Waals surface area contributed by atoms with Gasteiger partial charge in [-0.1, -0.05) is 53.6 Å². The Morgan fingerprint density at radius 3 is 2.70 bits per heavy atom. The van der Waals surface area contributed by atoms with E-state index in [9.17, 15) is 14.7 Å². The van der Waals surface area contributed by atoms with Crippen LogP contribution in [0.15, 0.2) is 95.6 Å². The number of carboxylic acid groups (broad SMARTS) is 1. The van der Waals surface area contributed by atoms with Crippen molar-refractivity contribution in [1.29, 1.82) is 0 Å². The van der Waals surface area contributed by atoms with E-state index in [0.29, 0.717) is 39.4 Å². The van der Waals surface area contributed by atoms with Crippen LogP contribution in [0.2, 0.25) is 5.02 Å². The molecule has 1 N–H and O–H groups in total. The first-order chi connectivity index (χ1) is 19.4. The number of rotatable bonds is 7. The molecule has 2 aromatic carbocycles. The number of hydrogen-bond acceptors (Lipinski definition) is 5. The predicted octanol–water partition coefficient (Wildman–Crippen LogP) is 6.63. The highest BCUT2D eigenvalue weighted by atomic mass is 35.5. The first-order valence-electron chi connectivity index (χ1n) is 13.0. The number of halogens is 1. The Kier molecular flexibility index (Phi) is 6.77. The van der Waals surface area contributed by atoms with Crippen molar-refractivity contribution < 1.29 is 19.4 Å². The van der Waals surface area contributed by atoms with E-state index in [0.717, 1.165) is 34.9 Å². The topological polar surface area (TPSA) is 95.6 Å². The number of nitrogens with zero attached hydrogens (tertiary/aromatic N) is 3. The summed E-state index contributed by atoms with van der Waals surface area (Å²) in [5.41, 5.74) is 3.60. The second-order valence-electron chi connectivity index (χ2n) is 9.80. The second kappa shape index (κ2) is 10.5. The van der Waals surface area contributed by atoms with Crippen molar-refractivity contribution in [2.24, 2.45) is 0 Å². The van der Waals surface area contributed by atoms with E-state index in [1.54, 1.807) is 16.7 Å². The maximum atomic E-state index is 14.0. The van der Waals surface area contributed by atoms with Crippen LogP contribution in [-0.4, -0.2) is 25.4 Å². The molecule has 8 nitrogen and oxygen atoms in total. The number of carboxylic acids is 1. The Bertz CT molecular complexity index is 1840. The van der Waals surface area contributed by atoms with Gasteiger partial charge in [0, 0.05) is 32.6 Å². The Morgan fingerprint density at radius 1 is 1.15 bits per heavy atom. The molecule has 0 bridgehead atoms. The van der Waals surface area contributed by atoms with E-state index in [1.807, 2.05) is 43.3 Å². The van der Waals surface area contributed by atoms with Gasteiger partial charge in [-0.05, 0) is 50.5 Å². The van der Waals surface area contributed by atoms with Crippen LogP contribution in [0, 0.1) is 6.92 Å². The lowest BCUT2D eigenvalue weighted by Crippen LogP contribution is -2.30. The molecular weight excluding hydrogens is 530 g/mol. The van der Waals surface area contributed by atoms with Gasteiger partial charge >= 0.3 is 5.97 Å². The highest BCUT2D eigenvalue weighted by Crippen LogP contribution is 2.39. The molecule has 2 aromatic heterocycles. The summed E-state index contributed by atoms with van der Waals surface area (Å²) in [5.74, 6) is -0.504. The van der Waals surface area contributed by atoms with Crippen LogP contribution >= 0.6 is 11.6 Å². The van der Waals surface area contributed by atoms with Crippen molar-refractivity contribution in [2.45, 2.75) is 38.8 Å². The molecule has 0 radical (unpaired) electrons. The summed E-state index contributed by atoms with van der Waals surface area (Å²) in [6, 6.07) is 12.1. The third-order valence-electron chi connectivity index (χ3n) is 7.35. The van der Waals surface area contributed by atoms with E-state index < -0.39 is 12.0 Å². The summed E-state index contributed by atoms with van der Waals surface area (Å²) in [4.78, 5) is 25.8. The number of aromatic nitrogens is 3. The summed E-state index contributed by atoms with van der Waals surface area (Å²) in [5, 5.41) is 17.1.